The molecule has 0 aromatic rings. The molecule has 82 valence electrons. The largest absolute Gasteiger partial charge is 0.408 e. The molecule has 2 aliphatic heterocycles. The summed E-state index contributed by atoms with van der Waals surface area (Å²) >= 11 is 0. The van der Waals surface area contributed by atoms with Crippen LogP contribution in [-0.2, 0) is 18.3 Å². The Kier molecular flexibility index (Phi) is 2.96. The summed E-state index contributed by atoms with van der Waals surface area (Å²) in [7, 11) is 0.377. The van der Waals surface area contributed by atoms with E-state index in [1.54, 1.807) is 14.1 Å². The van der Waals surface area contributed by atoms with Crippen LogP contribution in [0.5, 0.6) is 0 Å². The maximum Gasteiger partial charge on any atom is 0.408 e. The van der Waals surface area contributed by atoms with Crippen LogP contribution in [-0.4, -0.2) is 44.2 Å². The Morgan fingerprint density at radius 2 is 2.14 bits per heavy atom. The summed E-state index contributed by atoms with van der Waals surface area (Å²) < 4.78 is 29.7. The Morgan fingerprint density at radius 1 is 1.36 bits per heavy atom. The Hall–Kier alpha value is 0.0700. The zero-order valence-electron chi connectivity index (χ0n) is 8.51. The van der Waals surface area contributed by atoms with E-state index >= 15 is 0 Å². The highest BCUT2D eigenvalue weighted by Crippen LogP contribution is 2.55. The third-order valence-corrected chi connectivity index (χ3v) is 4.53. The van der Waals surface area contributed by atoms with Crippen molar-refractivity contribution in [2.45, 2.75) is 25.0 Å². The Labute approximate surface area is 83.9 Å². The van der Waals surface area contributed by atoms with Crippen molar-refractivity contribution in [3.8, 4) is 0 Å². The van der Waals surface area contributed by atoms with Gasteiger partial charge in [-0.25, -0.2) is 9.24 Å². The lowest BCUT2D eigenvalue weighted by molar-refractivity contribution is -0.114. The fraction of sp³-hybridized carbons (Fsp3) is 1.00. The minimum Gasteiger partial charge on any atom is -0.373 e. The van der Waals surface area contributed by atoms with Crippen LogP contribution in [0.2, 0.25) is 0 Å². The second kappa shape index (κ2) is 3.91. The Balaban J connectivity index is 2.05. The zero-order valence-corrected chi connectivity index (χ0v) is 9.40. The molecule has 2 saturated heterocycles. The maximum absolute atomic E-state index is 12.0. The Morgan fingerprint density at radius 3 is 2.86 bits per heavy atom. The average Bonchev–Trinajstić information content (AvgIpc) is 2.17. The quantitative estimate of drug-likeness (QED) is 0.623. The van der Waals surface area contributed by atoms with Gasteiger partial charge in [0.15, 0.2) is 0 Å². The van der Waals surface area contributed by atoms with Gasteiger partial charge in [-0.05, 0) is 26.9 Å². The number of nitrogens with zero attached hydrogens (tertiary/aromatic N) is 1. The SMILES string of the molecule is CN(C)P1(=O)OC[C@H]2OCCC[C@@H]2O1. The lowest BCUT2D eigenvalue weighted by Crippen LogP contribution is -2.43. The number of hydrogen-bond acceptors (Lipinski definition) is 4. The van der Waals surface area contributed by atoms with Crippen molar-refractivity contribution in [2.75, 3.05) is 27.3 Å². The molecule has 0 bridgehead atoms. The highest BCUT2D eigenvalue weighted by Gasteiger charge is 2.42. The van der Waals surface area contributed by atoms with E-state index < -0.39 is 7.75 Å². The van der Waals surface area contributed by atoms with Crippen LogP contribution in [0.15, 0.2) is 0 Å². The van der Waals surface area contributed by atoms with E-state index in [4.69, 9.17) is 13.8 Å². The third kappa shape index (κ3) is 1.88. The first-order chi connectivity index (χ1) is 6.62. The number of hydrogen-bond donors (Lipinski definition) is 0. The minimum atomic E-state index is -3.02. The molecule has 2 rings (SSSR count). The van der Waals surface area contributed by atoms with Gasteiger partial charge in [-0.1, -0.05) is 0 Å². The first-order valence-corrected chi connectivity index (χ1v) is 6.34. The predicted molar refractivity (Wildman–Crippen MR) is 51.1 cm³/mol. The van der Waals surface area contributed by atoms with Gasteiger partial charge >= 0.3 is 7.75 Å². The van der Waals surface area contributed by atoms with E-state index in [1.165, 1.54) is 4.67 Å². The van der Waals surface area contributed by atoms with E-state index in [2.05, 4.69) is 0 Å². The molecule has 0 spiro atoms. The van der Waals surface area contributed by atoms with Crippen molar-refractivity contribution in [3.05, 3.63) is 0 Å². The van der Waals surface area contributed by atoms with Crippen LogP contribution in [0, 0.1) is 0 Å². The van der Waals surface area contributed by atoms with E-state index in [1.807, 2.05) is 0 Å². The summed E-state index contributed by atoms with van der Waals surface area (Å²) in [5, 5.41) is 0. The van der Waals surface area contributed by atoms with Gasteiger partial charge in [-0.15, -0.1) is 0 Å². The van der Waals surface area contributed by atoms with Crippen molar-refractivity contribution in [1.82, 2.24) is 4.67 Å². The standard InChI is InChI=1S/C8H16NO4P/c1-9(2)14(10)12-6-8-7(13-14)4-3-5-11-8/h7-8H,3-6H2,1-2H3/t7-,8+,14?/m0/s1. The lowest BCUT2D eigenvalue weighted by Gasteiger charge is -2.39. The smallest absolute Gasteiger partial charge is 0.373 e. The molecule has 0 aromatic carbocycles. The van der Waals surface area contributed by atoms with Crippen LogP contribution in [0.25, 0.3) is 0 Å². The van der Waals surface area contributed by atoms with E-state index in [0.717, 1.165) is 19.4 Å². The third-order valence-electron chi connectivity index (χ3n) is 2.54. The van der Waals surface area contributed by atoms with Gasteiger partial charge in [0.1, 0.15) is 6.10 Å². The number of fused-ring (bicyclic) bond motifs is 1. The predicted octanol–water partition coefficient (Wildman–Crippen LogP) is 1.25. The highest BCUT2D eigenvalue weighted by molar-refractivity contribution is 7.51. The van der Waals surface area contributed by atoms with E-state index in [-0.39, 0.29) is 12.2 Å². The lowest BCUT2D eigenvalue weighted by atomic mass is 10.1. The molecule has 6 heteroatoms. The van der Waals surface area contributed by atoms with Crippen molar-refractivity contribution in [3.63, 3.8) is 0 Å². The van der Waals surface area contributed by atoms with Crippen molar-refractivity contribution < 1.29 is 18.3 Å². The van der Waals surface area contributed by atoms with Gasteiger partial charge in [0.2, 0.25) is 0 Å². The average molecular weight is 221 g/mol. The highest BCUT2D eigenvalue weighted by atomic mass is 31.2. The molecule has 5 nitrogen and oxygen atoms in total. The first-order valence-electron chi connectivity index (χ1n) is 4.84. The molecular weight excluding hydrogens is 205 g/mol. The van der Waals surface area contributed by atoms with E-state index in [0.29, 0.717) is 6.61 Å². The van der Waals surface area contributed by atoms with Gasteiger partial charge in [-0.2, -0.15) is 0 Å². The molecule has 0 aromatic heterocycles. The monoisotopic (exact) mass is 221 g/mol. The molecule has 0 aliphatic carbocycles. The van der Waals surface area contributed by atoms with Crippen LogP contribution < -0.4 is 0 Å². The molecule has 2 aliphatic rings. The van der Waals surface area contributed by atoms with E-state index in [9.17, 15) is 4.57 Å². The molecule has 0 amide bonds. The molecular formula is C8H16NO4P. The Bertz CT molecular complexity index is 258. The summed E-state index contributed by atoms with van der Waals surface area (Å²) in [5.74, 6) is 0. The van der Waals surface area contributed by atoms with Crippen molar-refractivity contribution in [2.24, 2.45) is 0 Å². The van der Waals surface area contributed by atoms with Gasteiger partial charge in [0, 0.05) is 6.61 Å². The molecule has 14 heavy (non-hydrogen) atoms. The van der Waals surface area contributed by atoms with Crippen LogP contribution in [0.4, 0.5) is 0 Å². The fourth-order valence-electron chi connectivity index (χ4n) is 1.67. The summed E-state index contributed by atoms with van der Waals surface area (Å²) in [6.45, 7) is 1.13. The van der Waals surface area contributed by atoms with Crippen LogP contribution in [0.3, 0.4) is 0 Å². The van der Waals surface area contributed by atoms with Crippen LogP contribution in [0.1, 0.15) is 12.8 Å². The zero-order chi connectivity index (χ0) is 10.2. The van der Waals surface area contributed by atoms with Crippen molar-refractivity contribution in [1.29, 1.82) is 0 Å². The van der Waals surface area contributed by atoms with Gasteiger partial charge in [-0.3, -0.25) is 9.05 Å². The normalized spacial score (nSPS) is 43.6. The fourth-order valence-corrected chi connectivity index (χ4v) is 3.07. The molecule has 0 N–H and O–H groups in total. The second-order valence-corrected chi connectivity index (χ2v) is 6.01. The second-order valence-electron chi connectivity index (χ2n) is 3.81. The summed E-state index contributed by atoms with van der Waals surface area (Å²) in [6.07, 6.45) is 1.77. The molecule has 3 atom stereocenters. The summed E-state index contributed by atoms with van der Waals surface area (Å²) in [5.41, 5.74) is 0. The summed E-state index contributed by atoms with van der Waals surface area (Å²) in [4.78, 5) is 0. The number of ether oxygens (including phenoxy) is 1. The topological polar surface area (TPSA) is 48.0 Å². The molecule has 1 unspecified atom stereocenters. The van der Waals surface area contributed by atoms with Crippen LogP contribution >= 0.6 is 7.75 Å². The number of rotatable bonds is 1. The summed E-state index contributed by atoms with van der Waals surface area (Å²) in [6, 6.07) is 0. The van der Waals surface area contributed by atoms with Gasteiger partial charge < -0.3 is 4.74 Å². The van der Waals surface area contributed by atoms with Crippen molar-refractivity contribution >= 4 is 7.75 Å². The van der Waals surface area contributed by atoms with Gasteiger partial charge in [0.05, 0.1) is 12.7 Å². The molecule has 0 radical (unpaired) electrons. The molecule has 2 heterocycles. The maximum atomic E-state index is 12.0. The minimum absolute atomic E-state index is 0.0363. The molecule has 0 saturated carbocycles. The molecule has 2 fully saturated rings. The first kappa shape index (κ1) is 10.6. The van der Waals surface area contributed by atoms with Gasteiger partial charge in [0.25, 0.3) is 0 Å².